The van der Waals surface area contributed by atoms with Gasteiger partial charge in [0.2, 0.25) is 0 Å². The lowest BCUT2D eigenvalue weighted by atomic mass is 10.2. The molecule has 0 fully saturated rings. The number of nitrogens with zero attached hydrogens (tertiary/aromatic N) is 1. The summed E-state index contributed by atoms with van der Waals surface area (Å²) in [7, 11) is 1.62. The van der Waals surface area contributed by atoms with Crippen LogP contribution in [0.15, 0.2) is 54.6 Å². The molecule has 0 aliphatic carbocycles. The van der Waals surface area contributed by atoms with Gasteiger partial charge in [0, 0.05) is 11.1 Å². The molecule has 0 aliphatic heterocycles. The summed E-state index contributed by atoms with van der Waals surface area (Å²) in [5.41, 5.74) is 3.01. The fourth-order valence-corrected chi connectivity index (χ4v) is 2.28. The number of rotatable bonds is 3. The summed E-state index contributed by atoms with van der Waals surface area (Å²) in [6, 6.07) is 16.8. The number of carbonyl (C=O) groups excluding carboxylic acids is 1. The summed E-state index contributed by atoms with van der Waals surface area (Å²) < 4.78 is 5.18. The maximum absolute atomic E-state index is 12.3. The topological polar surface area (TPSA) is 51.2 Å². The van der Waals surface area contributed by atoms with Crippen LogP contribution in [0.2, 0.25) is 0 Å². The first-order valence-electron chi connectivity index (χ1n) is 6.98. The largest absolute Gasteiger partial charge is 0.497 e. The molecule has 0 bridgehead atoms. The molecule has 1 N–H and O–H groups in total. The number of carbonyl (C=O) groups is 1. The van der Waals surface area contributed by atoms with Crippen molar-refractivity contribution in [2.45, 2.75) is 6.92 Å². The molecule has 0 atom stereocenters. The van der Waals surface area contributed by atoms with Crippen molar-refractivity contribution in [1.82, 2.24) is 4.98 Å². The number of anilines is 1. The molecule has 4 nitrogen and oxygen atoms in total. The van der Waals surface area contributed by atoms with Gasteiger partial charge in [-0.25, -0.2) is 4.98 Å². The third kappa shape index (κ3) is 2.91. The average molecular weight is 292 g/mol. The summed E-state index contributed by atoms with van der Waals surface area (Å²) >= 11 is 0. The van der Waals surface area contributed by atoms with E-state index < -0.39 is 0 Å². The van der Waals surface area contributed by atoms with Crippen molar-refractivity contribution in [2.75, 3.05) is 12.4 Å². The van der Waals surface area contributed by atoms with Crippen molar-refractivity contribution in [1.29, 1.82) is 0 Å². The highest BCUT2D eigenvalue weighted by atomic mass is 16.5. The Morgan fingerprint density at radius 1 is 1.09 bits per heavy atom. The monoisotopic (exact) mass is 292 g/mol. The Bertz CT molecular complexity index is 843. The molecule has 0 spiro atoms. The molecule has 3 rings (SSSR count). The first-order chi connectivity index (χ1) is 10.7. The van der Waals surface area contributed by atoms with Crippen molar-refractivity contribution in [2.24, 2.45) is 0 Å². The predicted molar refractivity (Wildman–Crippen MR) is 87.4 cm³/mol. The zero-order valence-corrected chi connectivity index (χ0v) is 12.5. The molecule has 1 heterocycles. The number of hydrogen-bond acceptors (Lipinski definition) is 3. The Balaban J connectivity index is 1.87. The number of fused-ring (bicyclic) bond motifs is 1. The molecule has 0 radical (unpaired) electrons. The van der Waals surface area contributed by atoms with E-state index >= 15 is 0 Å². The second-order valence-corrected chi connectivity index (χ2v) is 5.08. The van der Waals surface area contributed by atoms with Gasteiger partial charge in [0.1, 0.15) is 11.4 Å². The van der Waals surface area contributed by atoms with Crippen LogP contribution in [-0.4, -0.2) is 18.0 Å². The minimum atomic E-state index is -0.219. The Morgan fingerprint density at radius 2 is 1.95 bits per heavy atom. The first kappa shape index (κ1) is 14.1. The second kappa shape index (κ2) is 5.85. The molecule has 1 amide bonds. The van der Waals surface area contributed by atoms with E-state index in [2.05, 4.69) is 10.3 Å². The van der Waals surface area contributed by atoms with Crippen molar-refractivity contribution in [3.05, 3.63) is 65.9 Å². The van der Waals surface area contributed by atoms with E-state index in [0.29, 0.717) is 5.69 Å². The lowest BCUT2D eigenvalue weighted by molar-refractivity contribution is 0.102. The molecular formula is C18H16N2O2. The highest BCUT2D eigenvalue weighted by molar-refractivity contribution is 6.04. The Hall–Kier alpha value is -2.88. The number of ether oxygens (including phenoxy) is 1. The standard InChI is InChI=1S/C18H16N2O2/c1-12-4-3-5-14(10-12)19-18(21)17-8-6-13-11-15(22-2)7-9-16(13)20-17/h3-11H,1-2H3,(H,19,21). The third-order valence-corrected chi connectivity index (χ3v) is 3.40. The fraction of sp³-hybridized carbons (Fsp3) is 0.111. The molecule has 1 aromatic heterocycles. The van der Waals surface area contributed by atoms with Crippen molar-refractivity contribution < 1.29 is 9.53 Å². The smallest absolute Gasteiger partial charge is 0.274 e. The summed E-state index contributed by atoms with van der Waals surface area (Å²) in [6.07, 6.45) is 0. The van der Waals surface area contributed by atoms with Gasteiger partial charge < -0.3 is 10.1 Å². The number of benzene rings is 2. The SMILES string of the molecule is COc1ccc2nc(C(=O)Nc3cccc(C)c3)ccc2c1. The molecule has 4 heteroatoms. The predicted octanol–water partition coefficient (Wildman–Crippen LogP) is 3.80. The van der Waals surface area contributed by atoms with Crippen molar-refractivity contribution >= 4 is 22.5 Å². The summed E-state index contributed by atoms with van der Waals surface area (Å²) in [5.74, 6) is 0.551. The molecule has 0 saturated heterocycles. The van der Waals surface area contributed by atoms with E-state index in [1.165, 1.54) is 0 Å². The minimum absolute atomic E-state index is 0.219. The molecule has 0 unspecified atom stereocenters. The number of amides is 1. The first-order valence-corrected chi connectivity index (χ1v) is 6.98. The number of methoxy groups -OCH3 is 1. The zero-order valence-electron chi connectivity index (χ0n) is 12.5. The molecule has 0 saturated carbocycles. The molecule has 110 valence electrons. The van der Waals surface area contributed by atoms with Gasteiger partial charge in [-0.3, -0.25) is 4.79 Å². The van der Waals surface area contributed by atoms with E-state index in [4.69, 9.17) is 4.74 Å². The average Bonchev–Trinajstić information content (AvgIpc) is 2.53. The van der Waals surface area contributed by atoms with Crippen LogP contribution >= 0.6 is 0 Å². The van der Waals surface area contributed by atoms with Crippen molar-refractivity contribution in [3.8, 4) is 5.75 Å². The lowest BCUT2D eigenvalue weighted by Crippen LogP contribution is -2.13. The van der Waals surface area contributed by atoms with Crippen LogP contribution in [0.4, 0.5) is 5.69 Å². The molecule has 2 aromatic carbocycles. The fourth-order valence-electron chi connectivity index (χ4n) is 2.28. The minimum Gasteiger partial charge on any atom is -0.497 e. The summed E-state index contributed by atoms with van der Waals surface area (Å²) in [5, 5.41) is 3.80. The van der Waals surface area contributed by atoms with Gasteiger partial charge in [0.15, 0.2) is 0 Å². The van der Waals surface area contributed by atoms with E-state index in [9.17, 15) is 4.79 Å². The van der Waals surface area contributed by atoms with Gasteiger partial charge in [-0.05, 0) is 48.9 Å². The van der Waals surface area contributed by atoms with Gasteiger partial charge in [-0.15, -0.1) is 0 Å². The van der Waals surface area contributed by atoms with Crippen LogP contribution < -0.4 is 10.1 Å². The van der Waals surface area contributed by atoms with Crippen LogP contribution in [0.25, 0.3) is 10.9 Å². The van der Waals surface area contributed by atoms with Crippen LogP contribution in [-0.2, 0) is 0 Å². The highest BCUT2D eigenvalue weighted by Gasteiger charge is 2.09. The number of hydrogen-bond donors (Lipinski definition) is 1. The number of aryl methyl sites for hydroxylation is 1. The summed E-state index contributed by atoms with van der Waals surface area (Å²) in [4.78, 5) is 16.7. The van der Waals surface area contributed by atoms with E-state index in [-0.39, 0.29) is 5.91 Å². The Labute approximate surface area is 128 Å². The van der Waals surface area contributed by atoms with Gasteiger partial charge in [-0.2, -0.15) is 0 Å². The van der Waals surface area contributed by atoms with Crippen LogP contribution in [0.5, 0.6) is 5.75 Å². The third-order valence-electron chi connectivity index (χ3n) is 3.40. The maximum atomic E-state index is 12.3. The zero-order chi connectivity index (χ0) is 15.5. The highest BCUT2D eigenvalue weighted by Crippen LogP contribution is 2.20. The molecular weight excluding hydrogens is 276 g/mol. The van der Waals surface area contributed by atoms with Crippen molar-refractivity contribution in [3.63, 3.8) is 0 Å². The maximum Gasteiger partial charge on any atom is 0.274 e. The summed E-state index contributed by atoms with van der Waals surface area (Å²) in [6.45, 7) is 1.98. The second-order valence-electron chi connectivity index (χ2n) is 5.08. The number of aromatic nitrogens is 1. The lowest BCUT2D eigenvalue weighted by Gasteiger charge is -2.07. The van der Waals surface area contributed by atoms with Gasteiger partial charge >= 0.3 is 0 Å². The van der Waals surface area contributed by atoms with E-state index in [1.54, 1.807) is 13.2 Å². The molecule has 22 heavy (non-hydrogen) atoms. The van der Waals surface area contributed by atoms with Gasteiger partial charge in [-0.1, -0.05) is 18.2 Å². The van der Waals surface area contributed by atoms with Crippen LogP contribution in [0, 0.1) is 6.92 Å². The van der Waals surface area contributed by atoms with E-state index in [1.807, 2.05) is 55.5 Å². The quantitative estimate of drug-likeness (QED) is 0.798. The Morgan fingerprint density at radius 3 is 2.73 bits per heavy atom. The van der Waals surface area contributed by atoms with E-state index in [0.717, 1.165) is 27.9 Å². The van der Waals surface area contributed by atoms with Gasteiger partial charge in [0.05, 0.1) is 12.6 Å². The van der Waals surface area contributed by atoms with Gasteiger partial charge in [0.25, 0.3) is 5.91 Å². The molecule has 0 aliphatic rings. The van der Waals surface area contributed by atoms with Crippen LogP contribution in [0.3, 0.4) is 0 Å². The van der Waals surface area contributed by atoms with Crippen LogP contribution in [0.1, 0.15) is 16.1 Å². The molecule has 3 aromatic rings. The number of pyridine rings is 1. The normalized spacial score (nSPS) is 10.5. The number of nitrogens with one attached hydrogen (secondary N) is 1. The Kier molecular flexibility index (Phi) is 3.74.